The van der Waals surface area contributed by atoms with Gasteiger partial charge in [0.2, 0.25) is 0 Å². The second-order valence-electron chi connectivity index (χ2n) is 2.91. The fraction of sp³-hybridized carbons (Fsp3) is 0.200. The lowest BCUT2D eigenvalue weighted by Crippen LogP contribution is -2.06. The normalized spacial score (nSPS) is 12.3. The molecule has 0 radical (unpaired) electrons. The molecule has 0 bridgehead atoms. The second-order valence-corrected chi connectivity index (χ2v) is 2.91. The highest BCUT2D eigenvalue weighted by atomic mass is 16.4. The molecule has 1 aliphatic heterocycles. The summed E-state index contributed by atoms with van der Waals surface area (Å²) < 4.78 is 0. The van der Waals surface area contributed by atoms with Crippen LogP contribution >= 0.6 is 0 Å². The summed E-state index contributed by atoms with van der Waals surface area (Å²) in [4.78, 5) is 20.9. The summed E-state index contributed by atoms with van der Waals surface area (Å²) in [5, 5.41) is 20.1. The van der Waals surface area contributed by atoms with Crippen molar-refractivity contribution in [3.8, 4) is 0 Å². The fourth-order valence-corrected chi connectivity index (χ4v) is 0.856. The summed E-state index contributed by atoms with van der Waals surface area (Å²) in [6, 6.07) is 5.48. The summed E-state index contributed by atoms with van der Waals surface area (Å²) in [5.74, 6) is -2.46. The minimum atomic E-state index is -1.23. The third-order valence-electron chi connectivity index (χ3n) is 1.64. The Hall–Kier alpha value is -1.88. The lowest BCUT2D eigenvalue weighted by molar-refractivity contribution is 0.0651. The first kappa shape index (κ1) is 11.2. The first-order chi connectivity index (χ1) is 7.13. The molecule has 1 aliphatic rings. The molecule has 1 heterocycles. The molecule has 0 aliphatic carbocycles. The lowest BCUT2D eigenvalue weighted by Gasteiger charge is -1.98. The molecule has 5 heteroatoms. The zero-order valence-electron chi connectivity index (χ0n) is 7.93. The maximum absolute atomic E-state index is 10.5. The fourth-order valence-electron chi connectivity index (χ4n) is 0.856. The van der Waals surface area contributed by atoms with Gasteiger partial charge in [-0.2, -0.15) is 0 Å². The van der Waals surface area contributed by atoms with Gasteiger partial charge in [0.1, 0.15) is 0 Å². The minimum Gasteiger partial charge on any atom is -0.478 e. The van der Waals surface area contributed by atoms with Crippen LogP contribution in [0.5, 0.6) is 0 Å². The predicted molar refractivity (Wildman–Crippen MR) is 53.2 cm³/mol. The maximum atomic E-state index is 10.5. The van der Waals surface area contributed by atoms with Gasteiger partial charge < -0.3 is 15.5 Å². The van der Waals surface area contributed by atoms with E-state index in [-0.39, 0.29) is 11.1 Å². The Labute approximate surface area is 86.4 Å². The molecule has 0 amide bonds. The zero-order chi connectivity index (χ0) is 11.3. The van der Waals surface area contributed by atoms with Crippen LogP contribution in [0.15, 0.2) is 24.3 Å². The van der Waals surface area contributed by atoms with Crippen LogP contribution in [-0.2, 0) is 0 Å². The van der Waals surface area contributed by atoms with Gasteiger partial charge in [0.15, 0.2) is 0 Å². The molecular formula is C10H11NO4. The Morgan fingerprint density at radius 2 is 1.33 bits per heavy atom. The van der Waals surface area contributed by atoms with Crippen LogP contribution in [0, 0.1) is 0 Å². The molecule has 0 aromatic heterocycles. The van der Waals surface area contributed by atoms with E-state index in [0.29, 0.717) is 0 Å². The Balaban J connectivity index is 0.000000319. The van der Waals surface area contributed by atoms with Crippen molar-refractivity contribution in [2.24, 2.45) is 0 Å². The van der Waals surface area contributed by atoms with Gasteiger partial charge in [-0.05, 0) is 12.1 Å². The number of hydrogen-bond donors (Lipinski definition) is 3. The van der Waals surface area contributed by atoms with E-state index in [1.807, 2.05) is 0 Å². The lowest BCUT2D eigenvalue weighted by atomic mass is 10.1. The highest BCUT2D eigenvalue weighted by Gasteiger charge is 2.13. The molecule has 0 spiro atoms. The van der Waals surface area contributed by atoms with Crippen molar-refractivity contribution >= 4 is 11.9 Å². The van der Waals surface area contributed by atoms with Crippen LogP contribution in [-0.4, -0.2) is 35.2 Å². The van der Waals surface area contributed by atoms with E-state index in [0.717, 1.165) is 0 Å². The number of carbonyl (C=O) groups is 2. The third kappa shape index (κ3) is 3.78. The first-order valence-electron chi connectivity index (χ1n) is 4.39. The van der Waals surface area contributed by atoms with E-state index >= 15 is 0 Å². The van der Waals surface area contributed by atoms with E-state index in [2.05, 4.69) is 5.32 Å². The summed E-state index contributed by atoms with van der Waals surface area (Å²) in [6.07, 6.45) is 0. The summed E-state index contributed by atoms with van der Waals surface area (Å²) >= 11 is 0. The Bertz CT molecular complexity index is 338. The smallest absolute Gasteiger partial charge is 0.336 e. The molecule has 0 unspecified atom stereocenters. The van der Waals surface area contributed by atoms with Crippen molar-refractivity contribution < 1.29 is 19.8 Å². The van der Waals surface area contributed by atoms with E-state index in [4.69, 9.17) is 10.2 Å². The van der Waals surface area contributed by atoms with Crippen molar-refractivity contribution in [1.82, 2.24) is 5.32 Å². The number of benzene rings is 1. The van der Waals surface area contributed by atoms with Gasteiger partial charge in [-0.15, -0.1) is 0 Å². The molecular weight excluding hydrogens is 198 g/mol. The monoisotopic (exact) mass is 209 g/mol. The molecule has 3 N–H and O–H groups in total. The Morgan fingerprint density at radius 3 is 1.53 bits per heavy atom. The van der Waals surface area contributed by atoms with E-state index in [9.17, 15) is 9.59 Å². The number of aromatic carboxylic acids is 2. The van der Waals surface area contributed by atoms with Crippen LogP contribution in [0.1, 0.15) is 20.7 Å². The molecule has 1 saturated heterocycles. The Kier molecular flexibility index (Phi) is 3.82. The first-order valence-corrected chi connectivity index (χ1v) is 4.39. The maximum Gasteiger partial charge on any atom is 0.336 e. The number of carboxylic acids is 2. The summed E-state index contributed by atoms with van der Waals surface area (Å²) in [7, 11) is 0. The highest BCUT2D eigenvalue weighted by Crippen LogP contribution is 2.07. The van der Waals surface area contributed by atoms with Gasteiger partial charge in [-0.3, -0.25) is 0 Å². The molecule has 1 aromatic carbocycles. The Morgan fingerprint density at radius 1 is 1.00 bits per heavy atom. The predicted octanol–water partition coefficient (Wildman–Crippen LogP) is 0.673. The molecule has 1 fully saturated rings. The van der Waals surface area contributed by atoms with Gasteiger partial charge in [-0.1, -0.05) is 12.1 Å². The van der Waals surface area contributed by atoms with Crippen molar-refractivity contribution in [3.63, 3.8) is 0 Å². The molecule has 15 heavy (non-hydrogen) atoms. The molecule has 2 rings (SSSR count). The van der Waals surface area contributed by atoms with E-state index in [1.54, 1.807) is 0 Å². The molecule has 1 aromatic rings. The van der Waals surface area contributed by atoms with Crippen molar-refractivity contribution in [2.75, 3.05) is 13.1 Å². The van der Waals surface area contributed by atoms with Crippen LogP contribution < -0.4 is 5.32 Å². The van der Waals surface area contributed by atoms with Crippen LogP contribution in [0.3, 0.4) is 0 Å². The van der Waals surface area contributed by atoms with Gasteiger partial charge in [0.25, 0.3) is 0 Å². The van der Waals surface area contributed by atoms with E-state index in [1.165, 1.54) is 37.4 Å². The average Bonchev–Trinajstić information content (AvgIpc) is 3.04. The highest BCUT2D eigenvalue weighted by molar-refractivity contribution is 6.01. The second kappa shape index (κ2) is 5.11. The summed E-state index contributed by atoms with van der Waals surface area (Å²) in [5.41, 5.74) is -0.380. The van der Waals surface area contributed by atoms with Crippen LogP contribution in [0.2, 0.25) is 0 Å². The largest absolute Gasteiger partial charge is 0.478 e. The number of nitrogens with one attached hydrogen (secondary N) is 1. The topological polar surface area (TPSA) is 96.5 Å². The van der Waals surface area contributed by atoms with Gasteiger partial charge in [0.05, 0.1) is 11.1 Å². The number of rotatable bonds is 2. The molecule has 80 valence electrons. The minimum absolute atomic E-state index is 0.190. The quantitative estimate of drug-likeness (QED) is 0.622. The van der Waals surface area contributed by atoms with Crippen molar-refractivity contribution in [3.05, 3.63) is 35.4 Å². The number of hydrogen-bond acceptors (Lipinski definition) is 3. The zero-order valence-corrected chi connectivity index (χ0v) is 7.93. The van der Waals surface area contributed by atoms with Gasteiger partial charge in [0, 0.05) is 13.1 Å². The molecule has 5 nitrogen and oxygen atoms in total. The molecule has 0 atom stereocenters. The van der Waals surface area contributed by atoms with Crippen LogP contribution in [0.4, 0.5) is 0 Å². The van der Waals surface area contributed by atoms with Crippen molar-refractivity contribution in [2.45, 2.75) is 0 Å². The number of carboxylic acid groups (broad SMARTS) is 2. The average molecular weight is 209 g/mol. The summed E-state index contributed by atoms with van der Waals surface area (Å²) in [6.45, 7) is 2.50. The standard InChI is InChI=1S/C8H6O4.C2H5N/c9-7(10)5-3-1-2-4-6(5)8(11)12;1-2-3-1/h1-4H,(H,9,10)(H,11,12);3H,1-2H2. The third-order valence-corrected chi connectivity index (χ3v) is 1.64. The van der Waals surface area contributed by atoms with Crippen molar-refractivity contribution in [1.29, 1.82) is 0 Å². The van der Waals surface area contributed by atoms with Gasteiger partial charge >= 0.3 is 11.9 Å². The molecule has 0 saturated carbocycles. The SMILES string of the molecule is C1CN1.O=C(O)c1ccccc1C(=O)O. The van der Waals surface area contributed by atoms with E-state index < -0.39 is 11.9 Å². The van der Waals surface area contributed by atoms with Gasteiger partial charge in [-0.25, -0.2) is 9.59 Å². The van der Waals surface area contributed by atoms with Crippen LogP contribution in [0.25, 0.3) is 0 Å².